The number of rotatable bonds is 6. The molecule has 166 valence electrons. The van der Waals surface area contributed by atoms with Gasteiger partial charge in [0.05, 0.1) is 10.6 Å². The minimum Gasteiger partial charge on any atom is -0.419 e. The van der Waals surface area contributed by atoms with E-state index in [2.05, 4.69) is 20.9 Å². The van der Waals surface area contributed by atoms with E-state index in [1.165, 1.54) is 18.2 Å². The van der Waals surface area contributed by atoms with Crippen LogP contribution in [0.5, 0.6) is 0 Å². The van der Waals surface area contributed by atoms with E-state index in [4.69, 9.17) is 21.8 Å². The molecule has 1 aliphatic heterocycles. The number of nitrogens with one attached hydrogen (secondary N) is 3. The molecule has 2 amide bonds. The Hall–Kier alpha value is -3.43. The largest absolute Gasteiger partial charge is 0.419 e. The second kappa shape index (κ2) is 9.37. The number of hydrogen-bond acceptors (Lipinski definition) is 6. The first kappa shape index (κ1) is 21.8. The molecule has 1 saturated heterocycles. The number of hydrogen-bond donors (Lipinski definition) is 4. The molecule has 0 radical (unpaired) electrons. The fraction of sp³-hybridized carbons (Fsp3) is 0.227. The molecule has 4 rings (SSSR count). The smallest absolute Gasteiger partial charge is 0.273 e. The number of piperidine rings is 1. The highest BCUT2D eigenvalue weighted by atomic mass is 35.5. The third-order valence-corrected chi connectivity index (χ3v) is 5.43. The number of oxazole rings is 1. The summed E-state index contributed by atoms with van der Waals surface area (Å²) in [6.07, 6.45) is 1.78. The lowest BCUT2D eigenvalue weighted by Gasteiger charge is -2.23. The van der Waals surface area contributed by atoms with Crippen molar-refractivity contribution in [1.82, 2.24) is 15.6 Å². The minimum absolute atomic E-state index is 0.0567. The topological polar surface area (TPSA) is 122 Å². The van der Waals surface area contributed by atoms with Gasteiger partial charge >= 0.3 is 0 Å². The molecule has 32 heavy (non-hydrogen) atoms. The summed E-state index contributed by atoms with van der Waals surface area (Å²) in [5, 5.41) is 9.25. The first-order valence-corrected chi connectivity index (χ1v) is 10.4. The highest BCUT2D eigenvalue weighted by molar-refractivity contribution is 6.33. The number of aromatic nitrogens is 1. The summed E-state index contributed by atoms with van der Waals surface area (Å²) in [5.41, 5.74) is 6.15. The lowest BCUT2D eigenvalue weighted by molar-refractivity contribution is 0.0928. The molecule has 0 bridgehead atoms. The van der Waals surface area contributed by atoms with E-state index in [0.29, 0.717) is 11.3 Å². The number of carbonyl (C=O) groups is 2. The molecule has 5 N–H and O–H groups in total. The second-order valence-corrected chi connectivity index (χ2v) is 7.76. The predicted molar refractivity (Wildman–Crippen MR) is 119 cm³/mol. The van der Waals surface area contributed by atoms with Crippen LogP contribution >= 0.6 is 11.6 Å². The fourth-order valence-corrected chi connectivity index (χ4v) is 3.70. The quantitative estimate of drug-likeness (QED) is 0.449. The van der Waals surface area contributed by atoms with Gasteiger partial charge in [0.1, 0.15) is 5.82 Å². The third kappa shape index (κ3) is 4.74. The summed E-state index contributed by atoms with van der Waals surface area (Å²) in [7, 11) is 0. The zero-order valence-electron chi connectivity index (χ0n) is 17.0. The first-order chi connectivity index (χ1) is 15.4. The maximum atomic E-state index is 14.2. The molecule has 2 aromatic carbocycles. The van der Waals surface area contributed by atoms with Crippen molar-refractivity contribution in [2.75, 3.05) is 18.4 Å². The number of benzene rings is 2. The molecule has 0 saturated carbocycles. The Balaban J connectivity index is 1.53. The van der Waals surface area contributed by atoms with Crippen LogP contribution in [0.15, 0.2) is 46.9 Å². The number of primary amides is 1. The van der Waals surface area contributed by atoms with Gasteiger partial charge in [-0.2, -0.15) is 0 Å². The molecule has 3 aromatic rings. The molecule has 2 heterocycles. The lowest BCUT2D eigenvalue weighted by Crippen LogP contribution is -2.42. The van der Waals surface area contributed by atoms with Crippen LogP contribution in [0, 0.1) is 5.82 Å². The summed E-state index contributed by atoms with van der Waals surface area (Å²) in [6.45, 7) is 1.76. The summed E-state index contributed by atoms with van der Waals surface area (Å²) in [4.78, 5) is 28.3. The van der Waals surface area contributed by atoms with Gasteiger partial charge in [0.15, 0.2) is 5.69 Å². The summed E-state index contributed by atoms with van der Waals surface area (Å²) < 4.78 is 19.8. The Morgan fingerprint density at radius 1 is 1.16 bits per heavy atom. The fourth-order valence-electron chi connectivity index (χ4n) is 3.45. The predicted octanol–water partition coefficient (Wildman–Crippen LogP) is 3.46. The Labute approximate surface area is 188 Å². The Morgan fingerprint density at radius 3 is 2.53 bits per heavy atom. The number of halogens is 2. The van der Waals surface area contributed by atoms with Gasteiger partial charge in [-0.1, -0.05) is 17.7 Å². The molecule has 1 aliphatic rings. The molecule has 1 fully saturated rings. The number of amides is 2. The number of anilines is 2. The zero-order chi connectivity index (χ0) is 22.7. The van der Waals surface area contributed by atoms with Crippen LogP contribution < -0.4 is 21.7 Å². The maximum absolute atomic E-state index is 14.2. The maximum Gasteiger partial charge on any atom is 0.273 e. The van der Waals surface area contributed by atoms with Crippen molar-refractivity contribution >= 4 is 35.0 Å². The molecule has 10 heteroatoms. The second-order valence-electron chi connectivity index (χ2n) is 7.36. The van der Waals surface area contributed by atoms with Crippen molar-refractivity contribution in [2.45, 2.75) is 18.9 Å². The lowest BCUT2D eigenvalue weighted by atomic mass is 10.1. The summed E-state index contributed by atoms with van der Waals surface area (Å²) in [6, 6.07) is 10.9. The number of carbonyl (C=O) groups excluding carboxylic acids is 2. The molecular formula is C22H21ClFN5O3. The molecule has 0 spiro atoms. The Kier molecular flexibility index (Phi) is 6.38. The van der Waals surface area contributed by atoms with Gasteiger partial charge in [0, 0.05) is 17.3 Å². The van der Waals surface area contributed by atoms with E-state index < -0.39 is 11.7 Å². The van der Waals surface area contributed by atoms with Crippen LogP contribution in [0.3, 0.4) is 0 Å². The number of nitrogens with two attached hydrogens (primary N) is 1. The number of nitrogens with zero attached hydrogens (tertiary/aromatic N) is 1. The van der Waals surface area contributed by atoms with E-state index in [0.717, 1.165) is 25.9 Å². The summed E-state index contributed by atoms with van der Waals surface area (Å²) >= 11 is 6.06. The van der Waals surface area contributed by atoms with Crippen molar-refractivity contribution in [2.24, 2.45) is 5.73 Å². The van der Waals surface area contributed by atoms with Crippen molar-refractivity contribution in [3.8, 4) is 11.5 Å². The van der Waals surface area contributed by atoms with Gasteiger partial charge in [0.2, 0.25) is 11.8 Å². The average molecular weight is 458 g/mol. The van der Waals surface area contributed by atoms with Crippen LogP contribution in [-0.4, -0.2) is 35.9 Å². The van der Waals surface area contributed by atoms with Gasteiger partial charge in [0.25, 0.3) is 11.8 Å². The normalized spacial score (nSPS) is 14.2. The standard InChI is InChI=1S/C22H21ClFN5O3/c23-15-2-1-3-16(24)17(15)21-29-18(19(25)30)22(32-21)28-13-6-4-12(5-7-13)20(31)27-14-8-10-26-11-9-14/h1-7,14,26,28H,8-11H2,(H2,25,30)(H,27,31). The van der Waals surface area contributed by atoms with Crippen molar-refractivity contribution in [1.29, 1.82) is 0 Å². The molecule has 8 nitrogen and oxygen atoms in total. The molecule has 0 unspecified atom stereocenters. The SMILES string of the molecule is NC(=O)c1nc(-c2c(F)cccc2Cl)oc1Nc1ccc(C(=O)NC2CCNCC2)cc1. The van der Waals surface area contributed by atoms with Gasteiger partial charge in [-0.05, 0) is 62.3 Å². The van der Waals surface area contributed by atoms with E-state index in [9.17, 15) is 14.0 Å². The molecule has 0 atom stereocenters. The monoisotopic (exact) mass is 457 g/mol. The highest BCUT2D eigenvalue weighted by Gasteiger charge is 2.23. The first-order valence-electron chi connectivity index (χ1n) is 10.1. The van der Waals surface area contributed by atoms with Crippen molar-refractivity contribution in [3.63, 3.8) is 0 Å². The average Bonchev–Trinajstić information content (AvgIpc) is 3.18. The third-order valence-electron chi connectivity index (χ3n) is 5.12. The molecular weight excluding hydrogens is 437 g/mol. The van der Waals surface area contributed by atoms with Crippen molar-refractivity contribution < 1.29 is 18.4 Å². The van der Waals surface area contributed by atoms with Crippen LogP contribution in [0.25, 0.3) is 11.5 Å². The van der Waals surface area contributed by atoms with Gasteiger partial charge in [-0.15, -0.1) is 0 Å². The van der Waals surface area contributed by atoms with Crippen LogP contribution in [-0.2, 0) is 0 Å². The van der Waals surface area contributed by atoms with Crippen LogP contribution in [0.4, 0.5) is 16.0 Å². The van der Waals surface area contributed by atoms with E-state index in [-0.39, 0.29) is 40.0 Å². The van der Waals surface area contributed by atoms with Gasteiger partial charge in [-0.25, -0.2) is 9.37 Å². The molecule has 1 aromatic heterocycles. The van der Waals surface area contributed by atoms with E-state index >= 15 is 0 Å². The van der Waals surface area contributed by atoms with Gasteiger partial charge < -0.3 is 26.1 Å². The highest BCUT2D eigenvalue weighted by Crippen LogP contribution is 2.34. The van der Waals surface area contributed by atoms with E-state index in [1.807, 2.05) is 0 Å². The van der Waals surface area contributed by atoms with Crippen LogP contribution in [0.2, 0.25) is 5.02 Å². The summed E-state index contributed by atoms with van der Waals surface area (Å²) in [5.74, 6) is -1.89. The van der Waals surface area contributed by atoms with E-state index in [1.54, 1.807) is 24.3 Å². The molecule has 0 aliphatic carbocycles. The Bertz CT molecular complexity index is 1120. The van der Waals surface area contributed by atoms with Gasteiger partial charge in [-0.3, -0.25) is 9.59 Å². The Morgan fingerprint density at radius 2 is 1.88 bits per heavy atom. The minimum atomic E-state index is -0.854. The zero-order valence-corrected chi connectivity index (χ0v) is 17.7. The van der Waals surface area contributed by atoms with Crippen LogP contribution in [0.1, 0.15) is 33.7 Å². The van der Waals surface area contributed by atoms with Crippen molar-refractivity contribution in [3.05, 3.63) is 64.6 Å².